The van der Waals surface area contributed by atoms with Crippen LogP contribution in [0.4, 0.5) is 0 Å². The Balaban J connectivity index is 0.00000432. The molecule has 0 atom stereocenters. The number of rotatable bonds is 10. The Kier molecular flexibility index (Phi) is 11.0. The number of sulfone groups is 1. The molecule has 6 nitrogen and oxygen atoms in total. The fourth-order valence-corrected chi connectivity index (χ4v) is 5.80. The Hall–Kier alpha value is -1.64. The van der Waals surface area contributed by atoms with Crippen LogP contribution in [0.25, 0.3) is 0 Å². The van der Waals surface area contributed by atoms with Crippen LogP contribution in [0.1, 0.15) is 43.2 Å². The standard InChI is InChI=1S/C26H35ClN2O4S.ClH/c1-33-16-12-25(30)29(15-11-20-5-3-8-24(17-20)34(2,31)32)23-9-13-26(19-28,14-10-23)21-6-4-7-22(27)18-21;/h3-8,17-18,23H,9-16,19,28H2,1-2H3;1H/t23-,26-;. The van der Waals surface area contributed by atoms with E-state index in [2.05, 4.69) is 6.07 Å². The van der Waals surface area contributed by atoms with Crippen molar-refractivity contribution in [1.29, 1.82) is 0 Å². The number of halogens is 2. The molecule has 0 unspecified atom stereocenters. The molecule has 3 rings (SSSR count). The quantitative estimate of drug-likeness (QED) is 0.480. The van der Waals surface area contributed by atoms with Crippen molar-refractivity contribution >= 4 is 39.8 Å². The van der Waals surface area contributed by atoms with E-state index in [0.29, 0.717) is 42.5 Å². The maximum Gasteiger partial charge on any atom is 0.225 e. The van der Waals surface area contributed by atoms with Gasteiger partial charge in [-0.05, 0) is 67.5 Å². The van der Waals surface area contributed by atoms with Crippen molar-refractivity contribution in [2.24, 2.45) is 5.73 Å². The molecule has 0 heterocycles. The van der Waals surface area contributed by atoms with Gasteiger partial charge in [0.15, 0.2) is 9.84 Å². The molecule has 0 bridgehead atoms. The molecule has 0 aliphatic heterocycles. The zero-order valence-electron chi connectivity index (χ0n) is 20.4. The van der Waals surface area contributed by atoms with Crippen molar-refractivity contribution in [2.75, 3.05) is 33.1 Å². The minimum Gasteiger partial charge on any atom is -0.384 e. The fourth-order valence-electron chi connectivity index (χ4n) is 4.92. The first kappa shape index (κ1) is 29.6. The second-order valence-corrected chi connectivity index (χ2v) is 11.7. The number of benzene rings is 2. The van der Waals surface area contributed by atoms with Crippen LogP contribution in [-0.4, -0.2) is 58.3 Å². The van der Waals surface area contributed by atoms with E-state index in [0.717, 1.165) is 36.8 Å². The first-order valence-corrected chi connectivity index (χ1v) is 14.0. The van der Waals surface area contributed by atoms with E-state index < -0.39 is 9.84 Å². The number of hydrogen-bond acceptors (Lipinski definition) is 5. The normalized spacial score (nSPS) is 20.2. The third kappa shape index (κ3) is 7.67. The number of carbonyl (C=O) groups excluding carboxylic acids is 1. The Morgan fingerprint density at radius 1 is 1.17 bits per heavy atom. The molecule has 2 N–H and O–H groups in total. The van der Waals surface area contributed by atoms with Crippen LogP contribution in [0.15, 0.2) is 53.4 Å². The van der Waals surface area contributed by atoms with Gasteiger partial charge in [-0.25, -0.2) is 8.42 Å². The van der Waals surface area contributed by atoms with Gasteiger partial charge >= 0.3 is 0 Å². The van der Waals surface area contributed by atoms with E-state index >= 15 is 0 Å². The Morgan fingerprint density at radius 2 is 1.86 bits per heavy atom. The summed E-state index contributed by atoms with van der Waals surface area (Å²) in [5, 5.41) is 0.708. The van der Waals surface area contributed by atoms with Crippen molar-refractivity contribution in [2.45, 2.75) is 54.9 Å². The van der Waals surface area contributed by atoms with Crippen molar-refractivity contribution in [3.05, 3.63) is 64.7 Å². The number of ether oxygens (including phenoxy) is 1. The van der Waals surface area contributed by atoms with E-state index in [1.165, 1.54) is 6.26 Å². The highest BCUT2D eigenvalue weighted by Crippen LogP contribution is 2.41. The SMILES string of the molecule is COCCC(=O)N(CCc1cccc(S(C)(=O)=O)c1)[C@H]1CC[C@](CN)(c2cccc(Cl)c2)CC1.Cl. The van der Waals surface area contributed by atoms with Crippen molar-refractivity contribution in [1.82, 2.24) is 4.90 Å². The lowest BCUT2D eigenvalue weighted by molar-refractivity contribution is -0.135. The molecule has 1 aliphatic rings. The molecular weight excluding hydrogens is 507 g/mol. The summed E-state index contributed by atoms with van der Waals surface area (Å²) in [6.07, 6.45) is 5.59. The second-order valence-electron chi connectivity index (χ2n) is 9.23. The van der Waals surface area contributed by atoms with Gasteiger partial charge in [-0.1, -0.05) is 35.9 Å². The van der Waals surface area contributed by atoms with Crippen LogP contribution in [-0.2, 0) is 31.2 Å². The van der Waals surface area contributed by atoms with Gasteiger partial charge in [0.25, 0.3) is 0 Å². The lowest BCUT2D eigenvalue weighted by atomic mass is 9.68. The summed E-state index contributed by atoms with van der Waals surface area (Å²) in [4.78, 5) is 15.4. The highest BCUT2D eigenvalue weighted by Gasteiger charge is 2.38. The summed E-state index contributed by atoms with van der Waals surface area (Å²) >= 11 is 6.25. The van der Waals surface area contributed by atoms with Crippen molar-refractivity contribution < 1.29 is 17.9 Å². The Morgan fingerprint density at radius 3 is 2.46 bits per heavy atom. The summed E-state index contributed by atoms with van der Waals surface area (Å²) in [5.41, 5.74) is 8.19. The molecule has 1 fully saturated rings. The zero-order chi connectivity index (χ0) is 24.8. The summed E-state index contributed by atoms with van der Waals surface area (Å²) in [6.45, 7) is 1.45. The minimum atomic E-state index is -3.28. The first-order chi connectivity index (χ1) is 16.2. The average molecular weight is 544 g/mol. The third-order valence-corrected chi connectivity index (χ3v) is 8.33. The molecule has 0 saturated heterocycles. The molecule has 0 aromatic heterocycles. The number of nitrogens with zero attached hydrogens (tertiary/aromatic N) is 1. The highest BCUT2D eigenvalue weighted by molar-refractivity contribution is 7.90. The minimum absolute atomic E-state index is 0. The lowest BCUT2D eigenvalue weighted by Gasteiger charge is -2.43. The van der Waals surface area contributed by atoms with Gasteiger partial charge in [-0.3, -0.25) is 4.79 Å². The Labute approximate surface area is 220 Å². The second kappa shape index (κ2) is 13.1. The molecule has 1 saturated carbocycles. The molecule has 35 heavy (non-hydrogen) atoms. The molecule has 2 aromatic rings. The van der Waals surface area contributed by atoms with Crippen LogP contribution >= 0.6 is 24.0 Å². The maximum absolute atomic E-state index is 13.1. The number of amides is 1. The van der Waals surface area contributed by atoms with E-state index in [4.69, 9.17) is 22.1 Å². The van der Waals surface area contributed by atoms with Crippen LogP contribution in [0.3, 0.4) is 0 Å². The average Bonchev–Trinajstić information content (AvgIpc) is 2.83. The van der Waals surface area contributed by atoms with Crippen molar-refractivity contribution in [3.63, 3.8) is 0 Å². The molecule has 2 aromatic carbocycles. The fraction of sp³-hybridized carbons (Fsp3) is 0.500. The number of carbonyl (C=O) groups is 1. The molecule has 0 radical (unpaired) electrons. The smallest absolute Gasteiger partial charge is 0.225 e. The maximum atomic E-state index is 13.1. The predicted octanol–water partition coefficient (Wildman–Crippen LogP) is 4.41. The van der Waals surface area contributed by atoms with E-state index in [-0.39, 0.29) is 29.8 Å². The van der Waals surface area contributed by atoms with Crippen LogP contribution in [0.5, 0.6) is 0 Å². The summed E-state index contributed by atoms with van der Waals surface area (Å²) in [6, 6.07) is 15.0. The van der Waals surface area contributed by atoms with Gasteiger partial charge in [-0.2, -0.15) is 0 Å². The van der Waals surface area contributed by atoms with Gasteiger partial charge < -0.3 is 15.4 Å². The highest BCUT2D eigenvalue weighted by atomic mass is 35.5. The van der Waals surface area contributed by atoms with Crippen LogP contribution in [0.2, 0.25) is 5.02 Å². The summed E-state index contributed by atoms with van der Waals surface area (Å²) in [7, 11) is -1.68. The zero-order valence-corrected chi connectivity index (χ0v) is 22.8. The molecule has 9 heteroatoms. The van der Waals surface area contributed by atoms with E-state index in [1.807, 2.05) is 29.2 Å². The summed E-state index contributed by atoms with van der Waals surface area (Å²) in [5.74, 6) is 0.0640. The topological polar surface area (TPSA) is 89.7 Å². The van der Waals surface area contributed by atoms with Crippen molar-refractivity contribution in [3.8, 4) is 0 Å². The van der Waals surface area contributed by atoms with Crippen LogP contribution in [0, 0.1) is 0 Å². The molecule has 194 valence electrons. The summed E-state index contributed by atoms with van der Waals surface area (Å²) < 4.78 is 29.0. The van der Waals surface area contributed by atoms with E-state index in [9.17, 15) is 13.2 Å². The molecule has 0 spiro atoms. The monoisotopic (exact) mass is 542 g/mol. The van der Waals surface area contributed by atoms with Gasteiger partial charge in [-0.15, -0.1) is 12.4 Å². The Bertz CT molecular complexity index is 1090. The molecule has 1 amide bonds. The number of methoxy groups -OCH3 is 1. The van der Waals surface area contributed by atoms with Gasteiger partial charge in [0.1, 0.15) is 0 Å². The largest absolute Gasteiger partial charge is 0.384 e. The molecule has 1 aliphatic carbocycles. The third-order valence-electron chi connectivity index (χ3n) is 6.99. The number of nitrogens with two attached hydrogens (primary N) is 1. The van der Waals surface area contributed by atoms with Gasteiger partial charge in [0, 0.05) is 42.9 Å². The van der Waals surface area contributed by atoms with Crippen LogP contribution < -0.4 is 5.73 Å². The first-order valence-electron chi connectivity index (χ1n) is 11.7. The van der Waals surface area contributed by atoms with E-state index in [1.54, 1.807) is 25.3 Å². The molecular formula is C26H36Cl2N2O4S. The number of hydrogen-bond donors (Lipinski definition) is 1. The predicted molar refractivity (Wildman–Crippen MR) is 143 cm³/mol. The van der Waals surface area contributed by atoms with Gasteiger partial charge in [0.05, 0.1) is 17.9 Å². The lowest BCUT2D eigenvalue weighted by Crippen LogP contribution is -2.48. The van der Waals surface area contributed by atoms with Gasteiger partial charge in [0.2, 0.25) is 5.91 Å².